The molecule has 0 unspecified atom stereocenters. The first kappa shape index (κ1) is 21.5. The van der Waals surface area contributed by atoms with Gasteiger partial charge in [0.05, 0.1) is 12.5 Å². The molecule has 0 fully saturated rings. The van der Waals surface area contributed by atoms with Crippen molar-refractivity contribution in [3.8, 4) is 0 Å². The molecule has 0 atom stereocenters. The minimum absolute atomic E-state index is 0.0170. The first-order valence-corrected chi connectivity index (χ1v) is 12.6. The highest BCUT2D eigenvalue weighted by Gasteiger charge is 2.31. The van der Waals surface area contributed by atoms with E-state index in [1.54, 1.807) is 7.11 Å². The van der Waals surface area contributed by atoms with Gasteiger partial charge in [0.15, 0.2) is 8.32 Å². The van der Waals surface area contributed by atoms with Crippen molar-refractivity contribution >= 4 is 16.6 Å². The Morgan fingerprint density at radius 2 is 1.58 bits per heavy atom. The van der Waals surface area contributed by atoms with Crippen molar-refractivity contribution in [1.82, 2.24) is 5.32 Å². The molecule has 118 valence electrons. The van der Waals surface area contributed by atoms with Gasteiger partial charge in [0.25, 0.3) is 0 Å². The van der Waals surface area contributed by atoms with Crippen molar-refractivity contribution in [2.45, 2.75) is 32.1 Å². The second kappa shape index (κ2) is 12.0. The summed E-state index contributed by atoms with van der Waals surface area (Å²) >= 11 is 0. The first-order chi connectivity index (χ1) is 8.74. The molecule has 8 heteroatoms. The summed E-state index contributed by atoms with van der Waals surface area (Å²) in [6, 6.07) is 0.772. The molecule has 0 heterocycles. The third kappa shape index (κ3) is 16.1. The summed E-state index contributed by atoms with van der Waals surface area (Å²) in [7, 11) is -2.29. The summed E-state index contributed by atoms with van der Waals surface area (Å²) in [5.74, 6) is 0. The van der Waals surface area contributed by atoms with Crippen molar-refractivity contribution in [3.05, 3.63) is 0 Å². The normalized spacial score (nSPS) is 12.0. The number of hydrogen-bond acceptors (Lipinski definition) is 6. The average molecular weight is 313 g/mol. The number of nitrogens with two attached hydrogens (primary N) is 1. The molecule has 0 aromatic heterocycles. The van der Waals surface area contributed by atoms with Crippen LogP contribution < -0.4 is 11.1 Å². The minimum Gasteiger partial charge on any atom is -0.433 e. The van der Waals surface area contributed by atoms with Crippen LogP contribution in [-0.4, -0.2) is 70.8 Å². The van der Waals surface area contributed by atoms with E-state index < -0.39 is 16.6 Å². The van der Waals surface area contributed by atoms with E-state index in [0.29, 0.717) is 6.54 Å². The van der Waals surface area contributed by atoms with Gasteiger partial charge in [-0.2, -0.15) is 0 Å². The highest BCUT2D eigenvalue weighted by Crippen LogP contribution is 2.11. The lowest BCUT2D eigenvalue weighted by molar-refractivity contribution is 0.252. The quantitative estimate of drug-likeness (QED) is 0.287. The summed E-state index contributed by atoms with van der Waals surface area (Å²) in [5.41, 5.74) is 5.32. The summed E-state index contributed by atoms with van der Waals surface area (Å²) in [6.07, 6.45) is 0.870. The van der Waals surface area contributed by atoms with Crippen molar-refractivity contribution in [2.24, 2.45) is 5.73 Å². The molecule has 0 saturated heterocycles. The lowest BCUT2D eigenvalue weighted by atomic mass is 10.5. The van der Waals surface area contributed by atoms with Gasteiger partial charge >= 0.3 is 0 Å². The lowest BCUT2D eigenvalue weighted by Crippen LogP contribution is -2.46. The molecule has 0 amide bonds. The smallest absolute Gasteiger partial charge is 0.242 e. The molecule has 0 aliphatic carbocycles. The summed E-state index contributed by atoms with van der Waals surface area (Å²) in [5, 5.41) is 21.4. The zero-order valence-corrected chi connectivity index (χ0v) is 14.8. The molecule has 0 aromatic carbocycles. The molecule has 0 aliphatic heterocycles. The summed E-state index contributed by atoms with van der Waals surface area (Å²) < 4.78 is 5.23. The van der Waals surface area contributed by atoms with E-state index in [9.17, 15) is 0 Å². The van der Waals surface area contributed by atoms with E-state index in [0.717, 1.165) is 25.6 Å². The molecule has 0 aliphatic rings. The maximum absolute atomic E-state index is 9.12. The molecule has 6 N–H and O–H groups in total. The van der Waals surface area contributed by atoms with Crippen molar-refractivity contribution in [3.63, 3.8) is 0 Å². The topological polar surface area (TPSA) is 108 Å². The Hall–Kier alpha value is 0.194. The SMILES string of the molecule is CO[Si](CO)(CO)CCCNCCN.C[Si](C)(C)O. The molecule has 6 nitrogen and oxygen atoms in total. The number of rotatable bonds is 9. The molecule has 0 saturated carbocycles. The minimum atomic E-state index is -2.24. The number of hydrogen-bond donors (Lipinski definition) is 5. The van der Waals surface area contributed by atoms with E-state index in [2.05, 4.69) is 5.32 Å². The third-order valence-electron chi connectivity index (χ3n) is 2.32. The number of nitrogens with one attached hydrogen (secondary N) is 1. The van der Waals surface area contributed by atoms with Gasteiger partial charge in [0, 0.05) is 20.2 Å². The van der Waals surface area contributed by atoms with Crippen LogP contribution in [0.25, 0.3) is 0 Å². The predicted molar refractivity (Wildman–Crippen MR) is 83.8 cm³/mol. The van der Waals surface area contributed by atoms with Gasteiger partial charge in [0.1, 0.15) is 0 Å². The van der Waals surface area contributed by atoms with Crippen LogP contribution >= 0.6 is 0 Å². The Kier molecular flexibility index (Phi) is 13.5. The van der Waals surface area contributed by atoms with Crippen molar-refractivity contribution in [1.29, 1.82) is 0 Å². The second-order valence-electron chi connectivity index (χ2n) is 5.52. The lowest BCUT2D eigenvalue weighted by Gasteiger charge is -2.25. The van der Waals surface area contributed by atoms with Gasteiger partial charge in [-0.3, -0.25) is 0 Å². The van der Waals surface area contributed by atoms with E-state index >= 15 is 0 Å². The Morgan fingerprint density at radius 1 is 1.11 bits per heavy atom. The van der Waals surface area contributed by atoms with Crippen LogP contribution in [0.15, 0.2) is 0 Å². The maximum atomic E-state index is 9.12. The van der Waals surface area contributed by atoms with Crippen LogP contribution in [0.2, 0.25) is 25.7 Å². The highest BCUT2D eigenvalue weighted by atomic mass is 28.4. The standard InChI is InChI=1S/C8H22N2O3Si.C3H10OSi/c1-13-14(7-11,8-12)6-2-4-10-5-3-9;1-5(2,3)4/h10-12H,2-9H2,1H3;4H,1-3H3. The average Bonchev–Trinajstić information content (AvgIpc) is 2.33. The van der Waals surface area contributed by atoms with Gasteiger partial charge in [0.2, 0.25) is 8.32 Å². The zero-order chi connectivity index (χ0) is 15.4. The molecule has 0 bridgehead atoms. The summed E-state index contributed by atoms with van der Waals surface area (Å²) in [6.45, 7) is 7.94. The monoisotopic (exact) mass is 312 g/mol. The Bertz CT molecular complexity index is 185. The number of aliphatic hydroxyl groups is 2. The molecular weight excluding hydrogens is 280 g/mol. The molecule has 0 aromatic rings. The predicted octanol–water partition coefficient (Wildman–Crippen LogP) is -0.607. The van der Waals surface area contributed by atoms with Crippen LogP contribution in [0.4, 0.5) is 0 Å². The van der Waals surface area contributed by atoms with E-state index in [-0.39, 0.29) is 12.5 Å². The third-order valence-corrected chi connectivity index (χ3v) is 5.60. The van der Waals surface area contributed by atoms with Crippen LogP contribution in [0, 0.1) is 0 Å². The largest absolute Gasteiger partial charge is 0.433 e. The van der Waals surface area contributed by atoms with Crippen LogP contribution in [0.3, 0.4) is 0 Å². The van der Waals surface area contributed by atoms with E-state index in [1.165, 1.54) is 0 Å². The fourth-order valence-electron chi connectivity index (χ4n) is 1.20. The molecule has 0 radical (unpaired) electrons. The fraction of sp³-hybridized carbons (Fsp3) is 1.00. The van der Waals surface area contributed by atoms with Crippen LogP contribution in [0.5, 0.6) is 0 Å². The molecular formula is C11H32N2O4Si2. The Labute approximate surface area is 119 Å². The Morgan fingerprint density at radius 3 is 1.89 bits per heavy atom. The van der Waals surface area contributed by atoms with Crippen molar-refractivity contribution < 1.29 is 19.4 Å². The van der Waals surface area contributed by atoms with Gasteiger partial charge < -0.3 is 30.5 Å². The van der Waals surface area contributed by atoms with Crippen molar-refractivity contribution in [2.75, 3.05) is 39.2 Å². The Balaban J connectivity index is 0. The molecule has 19 heavy (non-hydrogen) atoms. The first-order valence-electron chi connectivity index (χ1n) is 6.64. The second-order valence-corrected chi connectivity index (χ2v) is 13.8. The van der Waals surface area contributed by atoms with Gasteiger partial charge in [-0.05, 0) is 38.7 Å². The molecule has 0 rings (SSSR count). The maximum Gasteiger partial charge on any atom is 0.242 e. The van der Waals surface area contributed by atoms with E-state index in [4.69, 9.17) is 25.2 Å². The van der Waals surface area contributed by atoms with Gasteiger partial charge in [-0.15, -0.1) is 0 Å². The molecule has 0 spiro atoms. The highest BCUT2D eigenvalue weighted by molar-refractivity contribution is 6.73. The fourth-order valence-corrected chi connectivity index (χ4v) is 2.90. The van der Waals surface area contributed by atoms with Crippen LogP contribution in [-0.2, 0) is 4.43 Å². The zero-order valence-electron chi connectivity index (χ0n) is 12.8. The summed E-state index contributed by atoms with van der Waals surface area (Å²) in [4.78, 5) is 8.66. The van der Waals surface area contributed by atoms with Crippen LogP contribution in [0.1, 0.15) is 6.42 Å². The van der Waals surface area contributed by atoms with Gasteiger partial charge in [-0.25, -0.2) is 0 Å². The van der Waals surface area contributed by atoms with E-state index in [1.807, 2.05) is 19.6 Å². The van der Waals surface area contributed by atoms with Gasteiger partial charge in [-0.1, -0.05) is 0 Å². The number of aliphatic hydroxyl groups excluding tert-OH is 2.